The summed E-state index contributed by atoms with van der Waals surface area (Å²) in [6.45, 7) is 1.05. The van der Waals surface area contributed by atoms with Crippen LogP contribution in [-0.4, -0.2) is 17.9 Å². The van der Waals surface area contributed by atoms with Crippen molar-refractivity contribution in [1.82, 2.24) is 5.32 Å². The van der Waals surface area contributed by atoms with E-state index in [0.29, 0.717) is 5.92 Å². The van der Waals surface area contributed by atoms with Gasteiger partial charge in [0.1, 0.15) is 6.23 Å². The van der Waals surface area contributed by atoms with Crippen LogP contribution in [0.5, 0.6) is 0 Å². The molecule has 0 spiro atoms. The van der Waals surface area contributed by atoms with E-state index in [1.54, 1.807) is 0 Å². The Morgan fingerprint density at radius 2 is 2.00 bits per heavy atom. The lowest BCUT2D eigenvalue weighted by molar-refractivity contribution is 0.0827. The molecule has 0 amide bonds. The van der Waals surface area contributed by atoms with Gasteiger partial charge in [0.05, 0.1) is 0 Å². The lowest BCUT2D eigenvalue weighted by atomic mass is 9.81. The van der Waals surface area contributed by atoms with E-state index < -0.39 is 0 Å². The van der Waals surface area contributed by atoms with Crippen molar-refractivity contribution in [3.05, 3.63) is 0 Å². The van der Waals surface area contributed by atoms with E-state index in [0.717, 1.165) is 12.5 Å². The molecule has 3 atom stereocenters. The third-order valence-corrected chi connectivity index (χ3v) is 2.96. The number of aliphatic hydroxyl groups excluding tert-OH is 1. The molecular formula is C8H15NO. The maximum absolute atomic E-state index is 9.41. The first-order valence-corrected chi connectivity index (χ1v) is 4.29. The van der Waals surface area contributed by atoms with Crippen LogP contribution in [0.3, 0.4) is 0 Å². The Kier molecular flexibility index (Phi) is 1.66. The minimum Gasteiger partial charge on any atom is -0.378 e. The Labute approximate surface area is 61.6 Å². The van der Waals surface area contributed by atoms with Crippen molar-refractivity contribution in [2.75, 3.05) is 6.54 Å². The third kappa shape index (κ3) is 0.956. The predicted molar refractivity (Wildman–Crippen MR) is 39.5 cm³/mol. The van der Waals surface area contributed by atoms with Crippen LogP contribution in [0.15, 0.2) is 0 Å². The van der Waals surface area contributed by atoms with Gasteiger partial charge in [0.2, 0.25) is 0 Å². The van der Waals surface area contributed by atoms with Crippen molar-refractivity contribution < 1.29 is 5.11 Å². The fourth-order valence-corrected chi connectivity index (χ4v) is 2.33. The minimum atomic E-state index is -0.190. The van der Waals surface area contributed by atoms with Crippen LogP contribution in [0.4, 0.5) is 0 Å². The molecular weight excluding hydrogens is 126 g/mol. The zero-order chi connectivity index (χ0) is 6.97. The molecule has 2 aliphatic rings. The lowest BCUT2D eigenvalue weighted by Crippen LogP contribution is -2.27. The molecule has 0 aromatic heterocycles. The zero-order valence-electron chi connectivity index (χ0n) is 6.21. The van der Waals surface area contributed by atoms with Crippen molar-refractivity contribution >= 4 is 0 Å². The van der Waals surface area contributed by atoms with E-state index in [-0.39, 0.29) is 6.23 Å². The van der Waals surface area contributed by atoms with Gasteiger partial charge in [0, 0.05) is 12.5 Å². The normalized spacial score (nSPS) is 47.1. The number of hydrogen-bond acceptors (Lipinski definition) is 2. The first kappa shape index (κ1) is 6.62. The fraction of sp³-hybridized carbons (Fsp3) is 1.00. The molecule has 1 aliphatic heterocycles. The van der Waals surface area contributed by atoms with Crippen molar-refractivity contribution in [1.29, 1.82) is 0 Å². The fourth-order valence-electron chi connectivity index (χ4n) is 2.33. The monoisotopic (exact) mass is 141 g/mol. The molecule has 2 rings (SSSR count). The molecule has 1 saturated carbocycles. The first-order valence-electron chi connectivity index (χ1n) is 4.29. The number of nitrogens with one attached hydrogen (secondary N) is 1. The Balaban J connectivity index is 2.01. The van der Waals surface area contributed by atoms with Crippen LogP contribution in [-0.2, 0) is 0 Å². The summed E-state index contributed by atoms with van der Waals surface area (Å²) < 4.78 is 0. The zero-order valence-corrected chi connectivity index (χ0v) is 6.21. The summed E-state index contributed by atoms with van der Waals surface area (Å²) in [5.41, 5.74) is 0. The summed E-state index contributed by atoms with van der Waals surface area (Å²) in [5.74, 6) is 1.36. The summed E-state index contributed by atoms with van der Waals surface area (Å²) in [6.07, 6.45) is 5.06. The number of rotatable bonds is 0. The van der Waals surface area contributed by atoms with Gasteiger partial charge >= 0.3 is 0 Å². The second-order valence-electron chi connectivity index (χ2n) is 3.56. The summed E-state index contributed by atoms with van der Waals surface area (Å²) in [7, 11) is 0. The van der Waals surface area contributed by atoms with Crippen LogP contribution in [0.1, 0.15) is 25.7 Å². The molecule has 0 aromatic carbocycles. The van der Waals surface area contributed by atoms with Gasteiger partial charge in [0.25, 0.3) is 0 Å². The Bertz CT molecular complexity index is 124. The minimum absolute atomic E-state index is 0.190. The highest BCUT2D eigenvalue weighted by atomic mass is 16.3. The Morgan fingerprint density at radius 1 is 1.20 bits per heavy atom. The first-order chi connectivity index (χ1) is 4.88. The van der Waals surface area contributed by atoms with Gasteiger partial charge in [-0.05, 0) is 18.8 Å². The molecule has 2 nitrogen and oxygen atoms in total. The molecule has 1 heterocycles. The molecule has 10 heavy (non-hydrogen) atoms. The van der Waals surface area contributed by atoms with Crippen molar-refractivity contribution in [2.45, 2.75) is 31.9 Å². The van der Waals surface area contributed by atoms with Crippen LogP contribution >= 0.6 is 0 Å². The quantitative estimate of drug-likeness (QED) is 0.521. The van der Waals surface area contributed by atoms with Crippen molar-refractivity contribution in [3.63, 3.8) is 0 Å². The SMILES string of the molecule is OC1NCC2CCCCC21. The highest BCUT2D eigenvalue weighted by Gasteiger charge is 2.35. The smallest absolute Gasteiger partial charge is 0.108 e. The van der Waals surface area contributed by atoms with Gasteiger partial charge < -0.3 is 5.11 Å². The molecule has 0 aromatic rings. The van der Waals surface area contributed by atoms with Gasteiger partial charge in [-0.1, -0.05) is 12.8 Å². The number of hydrogen-bond donors (Lipinski definition) is 2. The third-order valence-electron chi connectivity index (χ3n) is 2.96. The summed E-state index contributed by atoms with van der Waals surface area (Å²) in [6, 6.07) is 0. The van der Waals surface area contributed by atoms with Gasteiger partial charge in [-0.2, -0.15) is 0 Å². The molecule has 1 aliphatic carbocycles. The maximum atomic E-state index is 9.41. The molecule has 58 valence electrons. The van der Waals surface area contributed by atoms with E-state index in [1.165, 1.54) is 25.7 Å². The second kappa shape index (κ2) is 2.51. The number of fused-ring (bicyclic) bond motifs is 1. The topological polar surface area (TPSA) is 32.3 Å². The van der Waals surface area contributed by atoms with Crippen LogP contribution < -0.4 is 5.32 Å². The Hall–Kier alpha value is -0.0800. The van der Waals surface area contributed by atoms with E-state index in [1.807, 2.05) is 0 Å². The van der Waals surface area contributed by atoms with Crippen LogP contribution in [0.25, 0.3) is 0 Å². The van der Waals surface area contributed by atoms with Crippen LogP contribution in [0.2, 0.25) is 0 Å². The summed E-state index contributed by atoms with van der Waals surface area (Å²) >= 11 is 0. The van der Waals surface area contributed by atoms with Gasteiger partial charge in [0.15, 0.2) is 0 Å². The lowest BCUT2D eigenvalue weighted by Gasteiger charge is -2.25. The molecule has 0 bridgehead atoms. The highest BCUT2D eigenvalue weighted by molar-refractivity contribution is 4.86. The van der Waals surface area contributed by atoms with Gasteiger partial charge in [-0.25, -0.2) is 0 Å². The van der Waals surface area contributed by atoms with E-state index >= 15 is 0 Å². The van der Waals surface area contributed by atoms with Gasteiger partial charge in [-0.15, -0.1) is 0 Å². The average molecular weight is 141 g/mol. The molecule has 0 radical (unpaired) electrons. The second-order valence-corrected chi connectivity index (χ2v) is 3.56. The van der Waals surface area contributed by atoms with Crippen molar-refractivity contribution in [3.8, 4) is 0 Å². The van der Waals surface area contributed by atoms with E-state index in [4.69, 9.17) is 0 Å². The average Bonchev–Trinajstić information content (AvgIpc) is 2.34. The number of aliphatic hydroxyl groups is 1. The largest absolute Gasteiger partial charge is 0.378 e. The molecule has 2 fully saturated rings. The molecule has 2 heteroatoms. The van der Waals surface area contributed by atoms with E-state index in [2.05, 4.69) is 5.32 Å². The molecule has 2 N–H and O–H groups in total. The summed E-state index contributed by atoms with van der Waals surface area (Å²) in [5, 5.41) is 12.5. The van der Waals surface area contributed by atoms with E-state index in [9.17, 15) is 5.11 Å². The van der Waals surface area contributed by atoms with Crippen molar-refractivity contribution in [2.24, 2.45) is 11.8 Å². The molecule has 1 saturated heterocycles. The summed E-state index contributed by atoms with van der Waals surface area (Å²) in [4.78, 5) is 0. The van der Waals surface area contributed by atoms with Crippen LogP contribution in [0, 0.1) is 11.8 Å². The maximum Gasteiger partial charge on any atom is 0.108 e. The molecule has 3 unspecified atom stereocenters. The highest BCUT2D eigenvalue weighted by Crippen LogP contribution is 2.34. The standard InChI is InChI=1S/C8H15NO/c10-8-7-4-2-1-3-6(7)5-9-8/h6-10H,1-5H2. The van der Waals surface area contributed by atoms with Gasteiger partial charge in [-0.3, -0.25) is 5.32 Å². The predicted octanol–water partition coefficient (Wildman–Crippen LogP) is 0.714. The Morgan fingerprint density at radius 3 is 2.80 bits per heavy atom.